The first-order valence-electron chi connectivity index (χ1n) is 5.31. The third kappa shape index (κ3) is 2.68. The second-order valence-corrected chi connectivity index (χ2v) is 5.75. The largest absolute Gasteiger partial charge is 0.396 e. The van der Waals surface area contributed by atoms with E-state index in [2.05, 4.69) is 9.88 Å². The van der Waals surface area contributed by atoms with Crippen molar-refractivity contribution >= 4 is 21.5 Å². The molecule has 1 aromatic carbocycles. The van der Waals surface area contributed by atoms with Crippen molar-refractivity contribution in [2.75, 3.05) is 10.5 Å². The molecule has 0 radical (unpaired) electrons. The number of sulfonamides is 1. The average Bonchev–Trinajstić information content (AvgIpc) is 2.70. The molecule has 0 fully saturated rings. The summed E-state index contributed by atoms with van der Waals surface area (Å²) in [6.45, 7) is 3.07. The lowest BCUT2D eigenvalue weighted by atomic mass is 10.2. The summed E-state index contributed by atoms with van der Waals surface area (Å²) in [7, 11) is -3.88. The maximum absolute atomic E-state index is 13.4. The lowest BCUT2D eigenvalue weighted by Gasteiger charge is -2.08. The molecule has 8 heteroatoms. The molecule has 0 aliphatic rings. The van der Waals surface area contributed by atoms with Crippen LogP contribution in [0, 0.1) is 19.7 Å². The maximum Gasteiger partial charge on any atom is 0.263 e. The van der Waals surface area contributed by atoms with Gasteiger partial charge in [-0.05, 0) is 31.5 Å². The molecule has 2 aromatic rings. The van der Waals surface area contributed by atoms with Crippen molar-refractivity contribution in [1.29, 1.82) is 0 Å². The zero-order valence-corrected chi connectivity index (χ0v) is 11.1. The Morgan fingerprint density at radius 1 is 1.32 bits per heavy atom. The SMILES string of the molecule is Cc1cc(NS(=O)(=O)c2cc(C)c(F)c(N)c2)no1. The van der Waals surface area contributed by atoms with Crippen LogP contribution in [0.25, 0.3) is 0 Å². The highest BCUT2D eigenvalue weighted by atomic mass is 32.2. The van der Waals surface area contributed by atoms with Crippen LogP contribution in [0.4, 0.5) is 15.9 Å². The molecule has 0 amide bonds. The number of nitrogens with zero attached hydrogens (tertiary/aromatic N) is 1. The molecule has 0 unspecified atom stereocenters. The molecule has 0 spiro atoms. The number of nitrogens with two attached hydrogens (primary N) is 1. The van der Waals surface area contributed by atoms with Gasteiger partial charge in [-0.25, -0.2) is 12.8 Å². The summed E-state index contributed by atoms with van der Waals surface area (Å²) in [6, 6.07) is 3.68. The molecule has 3 N–H and O–H groups in total. The number of anilines is 2. The zero-order chi connectivity index (χ0) is 14.2. The number of hydrogen-bond donors (Lipinski definition) is 2. The van der Waals surface area contributed by atoms with Crippen molar-refractivity contribution in [2.45, 2.75) is 18.7 Å². The minimum absolute atomic E-state index is 0.0537. The van der Waals surface area contributed by atoms with Gasteiger partial charge in [0, 0.05) is 6.07 Å². The van der Waals surface area contributed by atoms with E-state index in [0.29, 0.717) is 5.76 Å². The zero-order valence-electron chi connectivity index (χ0n) is 10.3. The van der Waals surface area contributed by atoms with E-state index in [1.165, 1.54) is 19.1 Å². The van der Waals surface area contributed by atoms with Gasteiger partial charge in [0.2, 0.25) is 0 Å². The van der Waals surface area contributed by atoms with E-state index in [4.69, 9.17) is 10.3 Å². The fourth-order valence-electron chi connectivity index (χ4n) is 1.53. The number of nitrogen functional groups attached to an aromatic ring is 1. The van der Waals surface area contributed by atoms with Crippen molar-refractivity contribution in [3.63, 3.8) is 0 Å². The predicted molar refractivity (Wildman–Crippen MR) is 67.6 cm³/mol. The highest BCUT2D eigenvalue weighted by Crippen LogP contribution is 2.22. The normalized spacial score (nSPS) is 11.5. The highest BCUT2D eigenvalue weighted by Gasteiger charge is 2.19. The first kappa shape index (κ1) is 13.3. The topological polar surface area (TPSA) is 98.2 Å². The number of nitrogens with one attached hydrogen (secondary N) is 1. The van der Waals surface area contributed by atoms with Crippen molar-refractivity contribution in [1.82, 2.24) is 5.16 Å². The summed E-state index contributed by atoms with van der Waals surface area (Å²) in [5.74, 6) is -0.109. The molecule has 0 saturated carbocycles. The molecule has 0 bridgehead atoms. The first-order valence-corrected chi connectivity index (χ1v) is 6.79. The second-order valence-electron chi connectivity index (χ2n) is 4.07. The van der Waals surface area contributed by atoms with Crippen molar-refractivity contribution in [3.8, 4) is 0 Å². The van der Waals surface area contributed by atoms with E-state index >= 15 is 0 Å². The molecule has 0 aliphatic carbocycles. The third-order valence-electron chi connectivity index (χ3n) is 2.43. The van der Waals surface area contributed by atoms with Crippen LogP contribution in [0.15, 0.2) is 27.6 Å². The van der Waals surface area contributed by atoms with Crippen LogP contribution in [0.5, 0.6) is 0 Å². The van der Waals surface area contributed by atoms with Crippen LogP contribution < -0.4 is 10.5 Å². The summed E-state index contributed by atoms with van der Waals surface area (Å²) in [6.07, 6.45) is 0. The van der Waals surface area contributed by atoms with Gasteiger partial charge in [0.25, 0.3) is 10.0 Å². The van der Waals surface area contributed by atoms with E-state index in [9.17, 15) is 12.8 Å². The molecule has 0 saturated heterocycles. The van der Waals surface area contributed by atoms with Gasteiger partial charge in [-0.15, -0.1) is 0 Å². The van der Waals surface area contributed by atoms with E-state index in [0.717, 1.165) is 6.07 Å². The second kappa shape index (κ2) is 4.54. The lowest BCUT2D eigenvalue weighted by molar-refractivity contribution is 0.400. The molecule has 0 atom stereocenters. The highest BCUT2D eigenvalue weighted by molar-refractivity contribution is 7.92. The third-order valence-corrected chi connectivity index (χ3v) is 3.77. The molecule has 2 rings (SSSR count). The minimum atomic E-state index is -3.88. The average molecular weight is 285 g/mol. The van der Waals surface area contributed by atoms with E-state index in [1.807, 2.05) is 0 Å². The molecule has 6 nitrogen and oxygen atoms in total. The number of hydrogen-bond acceptors (Lipinski definition) is 5. The van der Waals surface area contributed by atoms with Crippen LogP contribution in [0.1, 0.15) is 11.3 Å². The number of aryl methyl sites for hydroxylation is 2. The van der Waals surface area contributed by atoms with Gasteiger partial charge in [0.1, 0.15) is 11.6 Å². The predicted octanol–water partition coefficient (Wildman–Crippen LogP) is 1.81. The quantitative estimate of drug-likeness (QED) is 0.838. The molecule has 1 aromatic heterocycles. The lowest BCUT2D eigenvalue weighted by Crippen LogP contribution is -2.14. The van der Waals surface area contributed by atoms with Gasteiger partial charge >= 0.3 is 0 Å². The Hall–Kier alpha value is -2.09. The van der Waals surface area contributed by atoms with Gasteiger partial charge in [-0.3, -0.25) is 4.72 Å². The molecular formula is C11H12FN3O3S. The fraction of sp³-hybridized carbons (Fsp3) is 0.182. The molecule has 1 heterocycles. The van der Waals surface area contributed by atoms with Crippen LogP contribution >= 0.6 is 0 Å². The number of halogens is 1. The number of aromatic nitrogens is 1. The van der Waals surface area contributed by atoms with Gasteiger partial charge in [-0.1, -0.05) is 5.16 Å². The van der Waals surface area contributed by atoms with Crippen molar-refractivity contribution in [3.05, 3.63) is 35.3 Å². The first-order chi connectivity index (χ1) is 8.79. The summed E-state index contributed by atoms with van der Waals surface area (Å²) < 4.78 is 44.4. The standard InChI is InChI=1S/C11H12FN3O3S/c1-6-3-8(5-9(13)11(6)12)19(16,17)15-10-4-7(2)18-14-10/h3-5H,13H2,1-2H3,(H,14,15). The van der Waals surface area contributed by atoms with E-state index < -0.39 is 15.8 Å². The summed E-state index contributed by atoms with van der Waals surface area (Å²) in [5, 5.41) is 3.52. The van der Waals surface area contributed by atoms with Crippen LogP contribution in [0.3, 0.4) is 0 Å². The van der Waals surface area contributed by atoms with Gasteiger partial charge in [0.15, 0.2) is 5.82 Å². The Kier molecular flexibility index (Phi) is 3.19. The van der Waals surface area contributed by atoms with E-state index in [1.54, 1.807) is 6.92 Å². The van der Waals surface area contributed by atoms with Crippen LogP contribution in [0.2, 0.25) is 0 Å². The smallest absolute Gasteiger partial charge is 0.263 e. The van der Waals surface area contributed by atoms with Crippen molar-refractivity contribution < 1.29 is 17.3 Å². The van der Waals surface area contributed by atoms with Crippen LogP contribution in [-0.4, -0.2) is 13.6 Å². The minimum Gasteiger partial charge on any atom is -0.396 e. The Bertz CT molecular complexity index is 702. The Morgan fingerprint density at radius 2 is 2.00 bits per heavy atom. The Labute approximate surface area is 109 Å². The molecule has 0 aliphatic heterocycles. The van der Waals surface area contributed by atoms with Gasteiger partial charge in [0.05, 0.1) is 10.6 Å². The monoisotopic (exact) mass is 285 g/mol. The molecule has 102 valence electrons. The summed E-state index contributed by atoms with van der Waals surface area (Å²) in [5.41, 5.74) is 5.34. The van der Waals surface area contributed by atoms with Gasteiger partial charge < -0.3 is 10.3 Å². The summed E-state index contributed by atoms with van der Waals surface area (Å²) >= 11 is 0. The molecular weight excluding hydrogens is 273 g/mol. The fourth-order valence-corrected chi connectivity index (χ4v) is 2.63. The van der Waals surface area contributed by atoms with E-state index in [-0.39, 0.29) is 22.0 Å². The Balaban J connectivity index is 2.40. The van der Waals surface area contributed by atoms with Gasteiger partial charge in [-0.2, -0.15) is 0 Å². The maximum atomic E-state index is 13.4. The molecule has 19 heavy (non-hydrogen) atoms. The Morgan fingerprint density at radius 3 is 2.53 bits per heavy atom. The summed E-state index contributed by atoms with van der Waals surface area (Å²) in [4.78, 5) is -0.135. The number of rotatable bonds is 3. The van der Waals surface area contributed by atoms with Crippen LogP contribution in [-0.2, 0) is 10.0 Å². The number of benzene rings is 1. The van der Waals surface area contributed by atoms with Crippen molar-refractivity contribution in [2.24, 2.45) is 0 Å².